The number of hydrogen-bond donors (Lipinski definition) is 2. The molecule has 1 aromatic rings. The number of benzene rings is 1. The van der Waals surface area contributed by atoms with Crippen LogP contribution in [0.5, 0.6) is 0 Å². The molecule has 0 saturated carbocycles. The second kappa shape index (κ2) is 5.68. The number of carbonyl (C=O) groups excluding carboxylic acids is 1. The Morgan fingerprint density at radius 2 is 1.79 bits per heavy atom. The summed E-state index contributed by atoms with van der Waals surface area (Å²) in [5, 5.41) is 7.88. The molecule has 19 heavy (non-hydrogen) atoms. The number of nitrogens with one attached hydrogen (secondary N) is 1. The molecule has 2 rings (SSSR count). The molecule has 1 aliphatic heterocycles. The maximum atomic E-state index is 11.9. The molecule has 6 nitrogen and oxygen atoms in total. The lowest BCUT2D eigenvalue weighted by Crippen LogP contribution is -2.38. The predicted molar refractivity (Wildman–Crippen MR) is 69.1 cm³/mol. The number of primary sulfonamides is 1. The monoisotopic (exact) mass is 284 g/mol. The molecule has 104 valence electrons. The minimum absolute atomic E-state index is 0.00452. The number of nitrogens with two attached hydrogens (primary N) is 1. The topological polar surface area (TPSA) is 98.5 Å². The van der Waals surface area contributed by atoms with E-state index < -0.39 is 10.0 Å². The molecule has 1 heterocycles. The van der Waals surface area contributed by atoms with E-state index in [1.165, 1.54) is 24.3 Å². The third kappa shape index (κ3) is 3.76. The highest BCUT2D eigenvalue weighted by atomic mass is 32.2. The molecule has 0 radical (unpaired) electrons. The zero-order chi connectivity index (χ0) is 13.9. The minimum atomic E-state index is -3.72. The highest BCUT2D eigenvalue weighted by Crippen LogP contribution is 2.11. The number of carbonyl (C=O) groups is 1. The predicted octanol–water partition coefficient (Wildman–Crippen LogP) is 0.243. The molecule has 0 spiro atoms. The Kier molecular flexibility index (Phi) is 4.18. The first-order chi connectivity index (χ1) is 8.97. The SMILES string of the molecule is NS(=O)(=O)c1ccc(C(=O)NC2CCOCC2)cc1. The number of hydrogen-bond acceptors (Lipinski definition) is 4. The number of sulfonamides is 1. The summed E-state index contributed by atoms with van der Waals surface area (Å²) < 4.78 is 27.4. The van der Waals surface area contributed by atoms with Gasteiger partial charge in [0.05, 0.1) is 4.90 Å². The van der Waals surface area contributed by atoms with Crippen molar-refractivity contribution in [2.24, 2.45) is 5.14 Å². The van der Waals surface area contributed by atoms with E-state index in [2.05, 4.69) is 5.32 Å². The number of amides is 1. The van der Waals surface area contributed by atoms with Crippen molar-refractivity contribution in [1.82, 2.24) is 5.32 Å². The normalized spacial score (nSPS) is 17.1. The van der Waals surface area contributed by atoms with E-state index in [1.807, 2.05) is 0 Å². The van der Waals surface area contributed by atoms with Gasteiger partial charge in [0, 0.05) is 24.8 Å². The zero-order valence-corrected chi connectivity index (χ0v) is 11.2. The Hall–Kier alpha value is -1.44. The first-order valence-corrected chi connectivity index (χ1v) is 7.53. The molecule has 7 heteroatoms. The second-order valence-corrected chi connectivity index (χ2v) is 5.99. The lowest BCUT2D eigenvalue weighted by Gasteiger charge is -2.23. The van der Waals surface area contributed by atoms with Crippen molar-refractivity contribution in [3.8, 4) is 0 Å². The Labute approximate surface area is 112 Å². The van der Waals surface area contributed by atoms with Gasteiger partial charge in [-0.2, -0.15) is 0 Å². The van der Waals surface area contributed by atoms with Crippen LogP contribution in [-0.4, -0.2) is 33.6 Å². The van der Waals surface area contributed by atoms with E-state index in [1.54, 1.807) is 0 Å². The molecular formula is C12H16N2O4S. The van der Waals surface area contributed by atoms with Crippen LogP contribution in [0.4, 0.5) is 0 Å². The summed E-state index contributed by atoms with van der Waals surface area (Å²) in [5.41, 5.74) is 0.416. The van der Waals surface area contributed by atoms with Gasteiger partial charge < -0.3 is 10.1 Å². The maximum Gasteiger partial charge on any atom is 0.251 e. The van der Waals surface area contributed by atoms with E-state index in [0.29, 0.717) is 18.8 Å². The van der Waals surface area contributed by atoms with E-state index in [-0.39, 0.29) is 16.8 Å². The summed E-state index contributed by atoms with van der Waals surface area (Å²) in [6, 6.07) is 5.67. The third-order valence-corrected chi connectivity index (χ3v) is 3.93. The van der Waals surface area contributed by atoms with Crippen LogP contribution < -0.4 is 10.5 Å². The number of ether oxygens (including phenoxy) is 1. The van der Waals surface area contributed by atoms with Gasteiger partial charge in [-0.3, -0.25) is 4.79 Å². The molecule has 1 amide bonds. The highest BCUT2D eigenvalue weighted by molar-refractivity contribution is 7.89. The van der Waals surface area contributed by atoms with E-state index >= 15 is 0 Å². The van der Waals surface area contributed by atoms with Gasteiger partial charge in [0.15, 0.2) is 0 Å². The molecule has 0 atom stereocenters. The molecule has 3 N–H and O–H groups in total. The van der Waals surface area contributed by atoms with Crippen LogP contribution in [0.25, 0.3) is 0 Å². The van der Waals surface area contributed by atoms with E-state index in [4.69, 9.17) is 9.88 Å². The van der Waals surface area contributed by atoms with Crippen LogP contribution in [0.2, 0.25) is 0 Å². The fraction of sp³-hybridized carbons (Fsp3) is 0.417. The van der Waals surface area contributed by atoms with E-state index in [0.717, 1.165) is 12.8 Å². The fourth-order valence-corrected chi connectivity index (χ4v) is 2.42. The average Bonchev–Trinajstić information content (AvgIpc) is 2.39. The van der Waals surface area contributed by atoms with Crippen molar-refractivity contribution in [2.75, 3.05) is 13.2 Å². The third-order valence-electron chi connectivity index (χ3n) is 3.00. The van der Waals surface area contributed by atoms with Gasteiger partial charge in [-0.05, 0) is 37.1 Å². The molecule has 1 aromatic carbocycles. The van der Waals surface area contributed by atoms with Crippen LogP contribution in [0.15, 0.2) is 29.2 Å². The minimum Gasteiger partial charge on any atom is -0.381 e. The summed E-state index contributed by atoms with van der Waals surface area (Å²) in [4.78, 5) is 11.9. The average molecular weight is 284 g/mol. The molecule has 1 fully saturated rings. The Morgan fingerprint density at radius 1 is 1.21 bits per heavy atom. The molecular weight excluding hydrogens is 268 g/mol. The van der Waals surface area contributed by atoms with Crippen molar-refractivity contribution in [1.29, 1.82) is 0 Å². The lowest BCUT2D eigenvalue weighted by atomic mass is 10.1. The first-order valence-electron chi connectivity index (χ1n) is 5.98. The summed E-state index contributed by atoms with van der Waals surface area (Å²) in [6.45, 7) is 1.30. The van der Waals surface area contributed by atoms with Crippen LogP contribution in [0, 0.1) is 0 Å². The van der Waals surface area contributed by atoms with Crippen molar-refractivity contribution in [3.63, 3.8) is 0 Å². The van der Waals surface area contributed by atoms with Crippen LogP contribution >= 0.6 is 0 Å². The maximum absolute atomic E-state index is 11.9. The summed E-state index contributed by atoms with van der Waals surface area (Å²) >= 11 is 0. The Balaban J connectivity index is 2.03. The second-order valence-electron chi connectivity index (χ2n) is 4.43. The molecule has 1 saturated heterocycles. The van der Waals surface area contributed by atoms with Crippen LogP contribution in [0.3, 0.4) is 0 Å². The molecule has 0 aromatic heterocycles. The summed E-state index contributed by atoms with van der Waals surface area (Å²) in [5.74, 6) is -0.215. The number of rotatable bonds is 3. The van der Waals surface area contributed by atoms with Crippen molar-refractivity contribution >= 4 is 15.9 Å². The summed E-state index contributed by atoms with van der Waals surface area (Å²) in [7, 11) is -3.72. The molecule has 0 bridgehead atoms. The van der Waals surface area contributed by atoms with Gasteiger partial charge in [0.1, 0.15) is 0 Å². The fourth-order valence-electron chi connectivity index (χ4n) is 1.91. The van der Waals surface area contributed by atoms with Gasteiger partial charge >= 0.3 is 0 Å². The zero-order valence-electron chi connectivity index (χ0n) is 10.3. The lowest BCUT2D eigenvalue weighted by molar-refractivity contribution is 0.0696. The van der Waals surface area contributed by atoms with Crippen LogP contribution in [0.1, 0.15) is 23.2 Å². The highest BCUT2D eigenvalue weighted by Gasteiger charge is 2.17. The smallest absolute Gasteiger partial charge is 0.251 e. The molecule has 1 aliphatic rings. The largest absolute Gasteiger partial charge is 0.381 e. The van der Waals surface area contributed by atoms with Gasteiger partial charge in [0.2, 0.25) is 10.0 Å². The van der Waals surface area contributed by atoms with Crippen molar-refractivity contribution in [2.45, 2.75) is 23.8 Å². The van der Waals surface area contributed by atoms with Crippen LogP contribution in [-0.2, 0) is 14.8 Å². The van der Waals surface area contributed by atoms with Gasteiger partial charge in [-0.25, -0.2) is 13.6 Å². The molecule has 0 aliphatic carbocycles. The summed E-state index contributed by atoms with van der Waals surface area (Å²) in [6.07, 6.45) is 1.59. The Morgan fingerprint density at radius 3 is 2.32 bits per heavy atom. The van der Waals surface area contributed by atoms with Gasteiger partial charge in [0.25, 0.3) is 5.91 Å². The Bertz CT molecular complexity index is 548. The van der Waals surface area contributed by atoms with Crippen molar-refractivity contribution in [3.05, 3.63) is 29.8 Å². The molecule has 0 unspecified atom stereocenters. The first kappa shape index (κ1) is 14.0. The quantitative estimate of drug-likeness (QED) is 0.830. The van der Waals surface area contributed by atoms with Gasteiger partial charge in [-0.1, -0.05) is 0 Å². The van der Waals surface area contributed by atoms with Crippen molar-refractivity contribution < 1.29 is 17.9 Å². The van der Waals surface area contributed by atoms with Gasteiger partial charge in [-0.15, -0.1) is 0 Å². The van der Waals surface area contributed by atoms with E-state index in [9.17, 15) is 13.2 Å². The standard InChI is InChI=1S/C12H16N2O4S/c13-19(16,17)11-3-1-9(2-4-11)12(15)14-10-5-7-18-8-6-10/h1-4,10H,5-8H2,(H,14,15)(H2,13,16,17).